The maximum absolute atomic E-state index is 5.82. The van der Waals surface area contributed by atoms with Crippen LogP contribution in [0.2, 0.25) is 0 Å². The summed E-state index contributed by atoms with van der Waals surface area (Å²) in [6, 6.07) is 8.33. The van der Waals surface area contributed by atoms with Crippen molar-refractivity contribution in [2.24, 2.45) is 0 Å². The number of hydrogen-bond acceptors (Lipinski definition) is 4. The Morgan fingerprint density at radius 1 is 1.21 bits per heavy atom. The summed E-state index contributed by atoms with van der Waals surface area (Å²) in [5, 5.41) is 4.85. The number of benzene rings is 1. The SMILES string of the molecule is CCn1c(-c2ccccc2C)nn(CN2CC(C)OC(C)C2)c1=S. The van der Waals surface area contributed by atoms with Crippen molar-refractivity contribution >= 4 is 12.2 Å². The van der Waals surface area contributed by atoms with E-state index in [4.69, 9.17) is 22.1 Å². The lowest BCUT2D eigenvalue weighted by Crippen LogP contribution is -2.46. The van der Waals surface area contributed by atoms with Gasteiger partial charge < -0.3 is 9.30 Å². The lowest BCUT2D eigenvalue weighted by atomic mass is 10.1. The number of morpholine rings is 1. The van der Waals surface area contributed by atoms with Gasteiger partial charge in [0.1, 0.15) is 0 Å². The van der Waals surface area contributed by atoms with Gasteiger partial charge >= 0.3 is 0 Å². The van der Waals surface area contributed by atoms with Crippen LogP contribution in [0.15, 0.2) is 24.3 Å². The normalized spacial score (nSPS) is 22.0. The first-order chi connectivity index (χ1) is 11.5. The van der Waals surface area contributed by atoms with E-state index in [0.29, 0.717) is 6.67 Å². The molecule has 0 radical (unpaired) electrons. The molecule has 130 valence electrons. The molecule has 1 aliphatic rings. The maximum Gasteiger partial charge on any atom is 0.199 e. The predicted octanol–water partition coefficient (Wildman–Crippen LogP) is 3.48. The van der Waals surface area contributed by atoms with Crippen molar-refractivity contribution in [3.05, 3.63) is 34.6 Å². The van der Waals surface area contributed by atoms with E-state index in [9.17, 15) is 0 Å². The summed E-state index contributed by atoms with van der Waals surface area (Å²) in [4.78, 5) is 2.36. The van der Waals surface area contributed by atoms with Gasteiger partial charge in [0.2, 0.25) is 0 Å². The molecule has 1 aromatic heterocycles. The standard InChI is InChI=1S/C18H26N4OS/c1-5-21-17(16-9-7-6-8-13(16)2)19-22(18(21)24)12-20-10-14(3)23-15(4)11-20/h6-9,14-15H,5,10-12H2,1-4H3. The number of aromatic nitrogens is 3. The summed E-state index contributed by atoms with van der Waals surface area (Å²) in [5.41, 5.74) is 2.36. The Bertz CT molecular complexity index is 757. The van der Waals surface area contributed by atoms with Crippen molar-refractivity contribution in [1.29, 1.82) is 0 Å². The van der Waals surface area contributed by atoms with Crippen molar-refractivity contribution < 1.29 is 4.74 Å². The first kappa shape index (κ1) is 17.3. The zero-order valence-electron chi connectivity index (χ0n) is 14.9. The number of ether oxygens (including phenoxy) is 1. The van der Waals surface area contributed by atoms with Crippen molar-refractivity contribution in [1.82, 2.24) is 19.2 Å². The highest BCUT2D eigenvalue weighted by atomic mass is 32.1. The third kappa shape index (κ3) is 3.45. The summed E-state index contributed by atoms with van der Waals surface area (Å²) in [6.07, 6.45) is 0.485. The summed E-state index contributed by atoms with van der Waals surface area (Å²) in [7, 11) is 0. The third-order valence-electron chi connectivity index (χ3n) is 4.45. The van der Waals surface area contributed by atoms with Gasteiger partial charge in [0, 0.05) is 25.2 Å². The molecule has 1 aromatic carbocycles. The lowest BCUT2D eigenvalue weighted by Gasteiger charge is -2.34. The Morgan fingerprint density at radius 3 is 2.50 bits per heavy atom. The van der Waals surface area contributed by atoms with Gasteiger partial charge in [-0.25, -0.2) is 4.68 Å². The molecule has 0 spiro atoms. The van der Waals surface area contributed by atoms with E-state index in [0.717, 1.165) is 35.8 Å². The summed E-state index contributed by atoms with van der Waals surface area (Å²) in [5.74, 6) is 0.954. The quantitative estimate of drug-likeness (QED) is 0.794. The molecule has 24 heavy (non-hydrogen) atoms. The fourth-order valence-electron chi connectivity index (χ4n) is 3.43. The smallest absolute Gasteiger partial charge is 0.199 e. The average molecular weight is 347 g/mol. The fourth-order valence-corrected chi connectivity index (χ4v) is 3.74. The van der Waals surface area contributed by atoms with Gasteiger partial charge in [0.05, 0.1) is 18.9 Å². The zero-order chi connectivity index (χ0) is 17.3. The van der Waals surface area contributed by atoms with Crippen molar-refractivity contribution in [2.45, 2.75) is 53.1 Å². The second kappa shape index (κ2) is 7.17. The number of hydrogen-bond donors (Lipinski definition) is 0. The van der Waals surface area contributed by atoms with Crippen molar-refractivity contribution in [3.8, 4) is 11.4 Å². The molecule has 5 nitrogen and oxygen atoms in total. The predicted molar refractivity (Wildman–Crippen MR) is 98.5 cm³/mol. The van der Waals surface area contributed by atoms with E-state index in [2.05, 4.69) is 61.4 Å². The molecule has 0 N–H and O–H groups in total. The molecular weight excluding hydrogens is 320 g/mol. The first-order valence-corrected chi connectivity index (χ1v) is 9.01. The molecule has 0 saturated carbocycles. The third-order valence-corrected chi connectivity index (χ3v) is 4.89. The minimum atomic E-state index is 0.243. The van der Waals surface area contributed by atoms with Crippen LogP contribution in [-0.2, 0) is 18.0 Å². The van der Waals surface area contributed by atoms with Crippen LogP contribution in [0.25, 0.3) is 11.4 Å². The molecule has 2 aromatic rings. The van der Waals surface area contributed by atoms with E-state index in [1.165, 1.54) is 5.56 Å². The molecule has 0 amide bonds. The van der Waals surface area contributed by atoms with Crippen LogP contribution in [0, 0.1) is 11.7 Å². The fraction of sp³-hybridized carbons (Fsp3) is 0.556. The number of rotatable bonds is 4. The highest BCUT2D eigenvalue weighted by Gasteiger charge is 2.23. The zero-order valence-corrected chi connectivity index (χ0v) is 15.7. The minimum absolute atomic E-state index is 0.243. The molecule has 1 saturated heterocycles. The van der Waals surface area contributed by atoms with Crippen LogP contribution in [0.5, 0.6) is 0 Å². The average Bonchev–Trinajstić information content (AvgIpc) is 2.82. The van der Waals surface area contributed by atoms with Gasteiger partial charge in [-0.15, -0.1) is 0 Å². The molecule has 6 heteroatoms. The maximum atomic E-state index is 5.82. The van der Waals surface area contributed by atoms with Gasteiger partial charge in [-0.05, 0) is 45.5 Å². The summed E-state index contributed by atoms with van der Waals surface area (Å²) >= 11 is 5.69. The van der Waals surface area contributed by atoms with Gasteiger partial charge in [-0.3, -0.25) is 4.90 Å². The number of nitrogens with zero attached hydrogens (tertiary/aromatic N) is 4. The van der Waals surface area contributed by atoms with E-state index in [1.807, 2.05) is 4.68 Å². The molecule has 0 aliphatic carbocycles. The van der Waals surface area contributed by atoms with Crippen LogP contribution < -0.4 is 0 Å². The van der Waals surface area contributed by atoms with Crippen LogP contribution in [-0.4, -0.2) is 44.5 Å². The van der Waals surface area contributed by atoms with E-state index < -0.39 is 0 Å². The van der Waals surface area contributed by atoms with Crippen molar-refractivity contribution in [3.63, 3.8) is 0 Å². The van der Waals surface area contributed by atoms with Crippen LogP contribution in [0.3, 0.4) is 0 Å². The van der Waals surface area contributed by atoms with E-state index in [-0.39, 0.29) is 12.2 Å². The Hall–Kier alpha value is -1.50. The minimum Gasteiger partial charge on any atom is -0.373 e. The van der Waals surface area contributed by atoms with Gasteiger partial charge in [-0.1, -0.05) is 24.3 Å². The summed E-state index contributed by atoms with van der Waals surface area (Å²) in [6.45, 7) is 11.8. The Balaban J connectivity index is 1.93. The molecule has 0 bridgehead atoms. The van der Waals surface area contributed by atoms with Crippen LogP contribution >= 0.6 is 12.2 Å². The highest BCUT2D eigenvalue weighted by molar-refractivity contribution is 7.71. The molecular formula is C18H26N4OS. The van der Waals surface area contributed by atoms with Gasteiger partial charge in [0.25, 0.3) is 0 Å². The Kier molecular flexibility index (Phi) is 5.18. The van der Waals surface area contributed by atoms with Gasteiger partial charge in [0.15, 0.2) is 10.6 Å². The topological polar surface area (TPSA) is 35.2 Å². The second-order valence-electron chi connectivity index (χ2n) is 6.60. The molecule has 2 heterocycles. The van der Waals surface area contributed by atoms with E-state index >= 15 is 0 Å². The summed E-state index contributed by atoms with van der Waals surface area (Å²) < 4.78 is 10.7. The van der Waals surface area contributed by atoms with Crippen LogP contribution in [0.4, 0.5) is 0 Å². The Labute approximate surface area is 148 Å². The molecule has 2 atom stereocenters. The molecule has 1 aliphatic heterocycles. The second-order valence-corrected chi connectivity index (χ2v) is 6.96. The van der Waals surface area contributed by atoms with Crippen molar-refractivity contribution in [2.75, 3.05) is 13.1 Å². The molecule has 1 fully saturated rings. The van der Waals surface area contributed by atoms with Gasteiger partial charge in [-0.2, -0.15) is 5.10 Å². The van der Waals surface area contributed by atoms with E-state index in [1.54, 1.807) is 0 Å². The van der Waals surface area contributed by atoms with Crippen LogP contribution in [0.1, 0.15) is 26.3 Å². The molecule has 2 unspecified atom stereocenters. The largest absolute Gasteiger partial charge is 0.373 e. The Morgan fingerprint density at radius 2 is 1.88 bits per heavy atom. The molecule has 3 rings (SSSR count). The highest BCUT2D eigenvalue weighted by Crippen LogP contribution is 2.22. The first-order valence-electron chi connectivity index (χ1n) is 8.61. The number of aryl methyl sites for hydroxylation is 1. The monoisotopic (exact) mass is 346 g/mol. The lowest BCUT2D eigenvalue weighted by molar-refractivity contribution is -0.0777.